The quantitative estimate of drug-likeness (QED) is 0.666. The average Bonchev–Trinajstić information content (AvgIpc) is 2.43. The van der Waals surface area contributed by atoms with Crippen LogP contribution in [-0.2, 0) is 0 Å². The van der Waals surface area contributed by atoms with Crippen LogP contribution in [0.1, 0.15) is 10.4 Å². The molecule has 0 fully saturated rings. The van der Waals surface area contributed by atoms with Crippen molar-refractivity contribution < 1.29 is 4.79 Å². The summed E-state index contributed by atoms with van der Waals surface area (Å²) >= 11 is 7.45. The van der Waals surface area contributed by atoms with E-state index in [2.05, 4.69) is 5.32 Å². The highest BCUT2D eigenvalue weighted by Gasteiger charge is 2.10. The molecule has 0 radical (unpaired) electrons. The Kier molecular flexibility index (Phi) is 4.35. The molecule has 3 N–H and O–H groups in total. The van der Waals surface area contributed by atoms with Gasteiger partial charge in [0, 0.05) is 10.6 Å². The Hall–Kier alpha value is -1.65. The van der Waals surface area contributed by atoms with Gasteiger partial charge in [-0.1, -0.05) is 23.7 Å². The van der Waals surface area contributed by atoms with Gasteiger partial charge in [0.2, 0.25) is 0 Å². The number of rotatable bonds is 3. The van der Waals surface area contributed by atoms with Crippen molar-refractivity contribution in [2.24, 2.45) is 0 Å². The van der Waals surface area contributed by atoms with Gasteiger partial charge >= 0.3 is 0 Å². The highest BCUT2D eigenvalue weighted by molar-refractivity contribution is 7.98. The molecule has 2 aromatic carbocycles. The topological polar surface area (TPSA) is 55.1 Å². The van der Waals surface area contributed by atoms with Gasteiger partial charge < -0.3 is 11.1 Å². The fourth-order valence-corrected chi connectivity index (χ4v) is 2.41. The summed E-state index contributed by atoms with van der Waals surface area (Å²) in [5.41, 5.74) is 7.38. The summed E-state index contributed by atoms with van der Waals surface area (Å²) in [5.74, 6) is -0.161. The number of nitrogens with two attached hydrogens (primary N) is 1. The van der Waals surface area contributed by atoms with Crippen molar-refractivity contribution in [2.75, 3.05) is 17.3 Å². The lowest BCUT2D eigenvalue weighted by molar-refractivity contribution is 0.102. The largest absolute Gasteiger partial charge is 0.398 e. The Morgan fingerprint density at radius 2 is 2.00 bits per heavy atom. The molecule has 0 aliphatic rings. The first kappa shape index (κ1) is 13.8. The van der Waals surface area contributed by atoms with Gasteiger partial charge in [0.1, 0.15) is 0 Å². The predicted octanol–water partition coefficient (Wildman–Crippen LogP) is 3.90. The van der Waals surface area contributed by atoms with Crippen molar-refractivity contribution in [2.45, 2.75) is 4.90 Å². The first-order valence-electron chi connectivity index (χ1n) is 5.61. The SMILES string of the molecule is CSc1ccccc1C(=O)Nc1ccc(N)c(Cl)c1. The van der Waals surface area contributed by atoms with Crippen molar-refractivity contribution >= 4 is 40.6 Å². The molecule has 3 nitrogen and oxygen atoms in total. The van der Waals surface area contributed by atoms with Crippen LogP contribution in [0.4, 0.5) is 11.4 Å². The van der Waals surface area contributed by atoms with E-state index in [1.54, 1.807) is 24.3 Å². The lowest BCUT2D eigenvalue weighted by Gasteiger charge is -2.09. The van der Waals surface area contributed by atoms with Crippen molar-refractivity contribution in [3.8, 4) is 0 Å². The third-order valence-electron chi connectivity index (χ3n) is 2.61. The van der Waals surface area contributed by atoms with Gasteiger partial charge in [-0.3, -0.25) is 4.79 Å². The number of nitrogens with one attached hydrogen (secondary N) is 1. The summed E-state index contributed by atoms with van der Waals surface area (Å²) in [6.45, 7) is 0. The van der Waals surface area contributed by atoms with E-state index in [0.29, 0.717) is 22.0 Å². The Morgan fingerprint density at radius 3 is 2.68 bits per heavy atom. The van der Waals surface area contributed by atoms with Crippen molar-refractivity contribution in [3.63, 3.8) is 0 Å². The second-order valence-corrected chi connectivity index (χ2v) is 5.15. The van der Waals surface area contributed by atoms with Crippen molar-refractivity contribution in [1.29, 1.82) is 0 Å². The molecule has 2 aromatic rings. The third-order valence-corrected chi connectivity index (χ3v) is 3.73. The highest BCUT2D eigenvalue weighted by atomic mass is 35.5. The number of nitrogen functional groups attached to an aromatic ring is 1. The van der Waals surface area contributed by atoms with Gasteiger partial charge in [-0.05, 0) is 36.6 Å². The first-order chi connectivity index (χ1) is 9.11. The van der Waals surface area contributed by atoms with Crippen molar-refractivity contribution in [3.05, 3.63) is 53.1 Å². The van der Waals surface area contributed by atoms with Gasteiger partial charge in [-0.25, -0.2) is 0 Å². The Labute approximate surface area is 121 Å². The van der Waals surface area contributed by atoms with Crippen LogP contribution in [0.25, 0.3) is 0 Å². The van der Waals surface area contributed by atoms with E-state index in [0.717, 1.165) is 4.90 Å². The zero-order valence-electron chi connectivity index (χ0n) is 10.3. The molecule has 0 aromatic heterocycles. The number of thioether (sulfide) groups is 1. The summed E-state index contributed by atoms with van der Waals surface area (Å²) in [7, 11) is 0. The predicted molar refractivity (Wildman–Crippen MR) is 82.0 cm³/mol. The van der Waals surface area contributed by atoms with E-state index in [9.17, 15) is 4.79 Å². The molecule has 0 saturated heterocycles. The zero-order chi connectivity index (χ0) is 13.8. The summed E-state index contributed by atoms with van der Waals surface area (Å²) in [6, 6.07) is 12.5. The number of carbonyl (C=O) groups is 1. The zero-order valence-corrected chi connectivity index (χ0v) is 11.9. The van der Waals surface area contributed by atoms with Crippen LogP contribution in [0, 0.1) is 0 Å². The van der Waals surface area contributed by atoms with Gasteiger partial charge in [-0.15, -0.1) is 11.8 Å². The summed E-state index contributed by atoms with van der Waals surface area (Å²) in [6.07, 6.45) is 1.94. The molecule has 0 atom stereocenters. The molecule has 0 heterocycles. The number of benzene rings is 2. The lowest BCUT2D eigenvalue weighted by atomic mass is 10.2. The fraction of sp³-hybridized carbons (Fsp3) is 0.0714. The van der Waals surface area contributed by atoms with Crippen molar-refractivity contribution in [1.82, 2.24) is 0 Å². The molecule has 0 bridgehead atoms. The van der Waals surface area contributed by atoms with Crippen LogP contribution in [-0.4, -0.2) is 12.2 Å². The Balaban J connectivity index is 2.23. The fourth-order valence-electron chi connectivity index (χ4n) is 1.64. The van der Waals surface area contributed by atoms with Crippen LogP contribution in [0.5, 0.6) is 0 Å². The summed E-state index contributed by atoms with van der Waals surface area (Å²) < 4.78 is 0. The molecule has 2 rings (SSSR count). The maximum Gasteiger partial charge on any atom is 0.256 e. The van der Waals surface area contributed by atoms with E-state index in [1.807, 2.05) is 24.5 Å². The maximum absolute atomic E-state index is 12.2. The normalized spacial score (nSPS) is 10.2. The number of amides is 1. The van der Waals surface area contributed by atoms with Crippen LogP contribution >= 0.6 is 23.4 Å². The summed E-state index contributed by atoms with van der Waals surface area (Å²) in [5, 5.41) is 3.24. The molecule has 0 spiro atoms. The highest BCUT2D eigenvalue weighted by Crippen LogP contribution is 2.24. The smallest absolute Gasteiger partial charge is 0.256 e. The van der Waals surface area contributed by atoms with E-state index >= 15 is 0 Å². The Bertz CT molecular complexity index is 616. The molecular weight excluding hydrogens is 280 g/mol. The molecule has 0 aliphatic heterocycles. The van der Waals surface area contributed by atoms with E-state index < -0.39 is 0 Å². The van der Waals surface area contributed by atoms with Gasteiger partial charge in [0.25, 0.3) is 5.91 Å². The number of anilines is 2. The average molecular weight is 293 g/mol. The second-order valence-electron chi connectivity index (χ2n) is 3.89. The molecule has 0 unspecified atom stereocenters. The molecule has 98 valence electrons. The van der Waals surface area contributed by atoms with E-state index in [1.165, 1.54) is 11.8 Å². The van der Waals surface area contributed by atoms with Crippen LogP contribution in [0.2, 0.25) is 5.02 Å². The van der Waals surface area contributed by atoms with Gasteiger partial charge in [0.15, 0.2) is 0 Å². The molecule has 0 saturated carbocycles. The number of hydrogen-bond donors (Lipinski definition) is 2. The number of halogens is 1. The standard InChI is InChI=1S/C14H13ClN2OS/c1-19-13-5-3-2-4-10(13)14(18)17-9-6-7-12(16)11(15)8-9/h2-8H,16H2,1H3,(H,17,18). The monoisotopic (exact) mass is 292 g/mol. The van der Waals surface area contributed by atoms with Gasteiger partial charge in [0.05, 0.1) is 16.3 Å². The minimum absolute atomic E-state index is 0.161. The molecular formula is C14H13ClN2OS. The Morgan fingerprint density at radius 1 is 1.26 bits per heavy atom. The van der Waals surface area contributed by atoms with Crippen LogP contribution in [0.15, 0.2) is 47.4 Å². The molecule has 1 amide bonds. The molecule has 0 aliphatic carbocycles. The second kappa shape index (κ2) is 5.99. The van der Waals surface area contributed by atoms with E-state index in [4.69, 9.17) is 17.3 Å². The lowest BCUT2D eigenvalue weighted by Crippen LogP contribution is -2.12. The summed E-state index contributed by atoms with van der Waals surface area (Å²) in [4.78, 5) is 13.1. The van der Waals surface area contributed by atoms with Gasteiger partial charge in [-0.2, -0.15) is 0 Å². The number of carbonyl (C=O) groups excluding carboxylic acids is 1. The van der Waals surface area contributed by atoms with E-state index in [-0.39, 0.29) is 5.91 Å². The molecule has 5 heteroatoms. The van der Waals surface area contributed by atoms with Crippen LogP contribution in [0.3, 0.4) is 0 Å². The minimum Gasteiger partial charge on any atom is -0.398 e. The first-order valence-corrected chi connectivity index (χ1v) is 7.21. The minimum atomic E-state index is -0.161. The third kappa shape index (κ3) is 3.22. The number of hydrogen-bond acceptors (Lipinski definition) is 3. The molecule has 19 heavy (non-hydrogen) atoms. The maximum atomic E-state index is 12.2. The van der Waals surface area contributed by atoms with Crippen LogP contribution < -0.4 is 11.1 Å².